The van der Waals surface area contributed by atoms with Crippen LogP contribution in [-0.2, 0) is 6.54 Å². The lowest BCUT2D eigenvalue weighted by atomic mass is 10.1. The maximum Gasteiger partial charge on any atom is 0.250 e. The SMILES string of the molecule is Cc1c(/C=N/Nc2nc(N3CCCCC3)nc(N3CCCCC3)n2)c2ccccc2n1Cc1ccccc1Cl. The monoisotopic (exact) mass is 542 g/mol. The number of fused-ring (bicyclic) bond motifs is 1. The average Bonchev–Trinajstić information content (AvgIpc) is 3.25. The summed E-state index contributed by atoms with van der Waals surface area (Å²) in [5, 5.41) is 6.55. The van der Waals surface area contributed by atoms with Gasteiger partial charge in [0.15, 0.2) is 0 Å². The van der Waals surface area contributed by atoms with Crippen molar-refractivity contribution in [2.24, 2.45) is 5.10 Å². The first-order chi connectivity index (χ1) is 19.2. The summed E-state index contributed by atoms with van der Waals surface area (Å²) in [6.45, 7) is 6.75. The van der Waals surface area contributed by atoms with Gasteiger partial charge in [-0.15, -0.1) is 0 Å². The molecule has 0 aliphatic carbocycles. The number of nitrogens with zero attached hydrogens (tertiary/aromatic N) is 7. The minimum atomic E-state index is 0.486. The molecule has 2 fully saturated rings. The fourth-order valence-electron chi connectivity index (χ4n) is 5.65. The maximum atomic E-state index is 6.50. The van der Waals surface area contributed by atoms with E-state index in [1.54, 1.807) is 0 Å². The van der Waals surface area contributed by atoms with Gasteiger partial charge in [0.2, 0.25) is 17.8 Å². The van der Waals surface area contributed by atoms with Crippen LogP contribution in [0.3, 0.4) is 0 Å². The Morgan fingerprint density at radius 1 is 0.821 bits per heavy atom. The highest BCUT2D eigenvalue weighted by molar-refractivity contribution is 6.31. The minimum Gasteiger partial charge on any atom is -0.341 e. The molecule has 0 saturated carbocycles. The Morgan fingerprint density at radius 2 is 1.44 bits per heavy atom. The number of para-hydroxylation sites is 1. The fourth-order valence-corrected chi connectivity index (χ4v) is 5.85. The minimum absolute atomic E-state index is 0.486. The van der Waals surface area contributed by atoms with Crippen molar-refractivity contribution in [3.05, 3.63) is 70.4 Å². The zero-order valence-electron chi connectivity index (χ0n) is 22.5. The van der Waals surface area contributed by atoms with Gasteiger partial charge in [0, 0.05) is 59.9 Å². The molecule has 2 aliphatic heterocycles. The van der Waals surface area contributed by atoms with E-state index in [2.05, 4.69) is 62.1 Å². The number of aromatic nitrogens is 4. The van der Waals surface area contributed by atoms with Gasteiger partial charge in [0.25, 0.3) is 0 Å². The van der Waals surface area contributed by atoms with Crippen molar-refractivity contribution in [2.45, 2.75) is 52.0 Å². The number of hydrazone groups is 1. The van der Waals surface area contributed by atoms with Gasteiger partial charge >= 0.3 is 0 Å². The molecule has 0 radical (unpaired) electrons. The third-order valence-corrected chi connectivity index (χ3v) is 8.18. The summed E-state index contributed by atoms with van der Waals surface area (Å²) in [4.78, 5) is 19.0. The van der Waals surface area contributed by atoms with E-state index in [1.165, 1.54) is 38.5 Å². The quantitative estimate of drug-likeness (QED) is 0.219. The zero-order valence-corrected chi connectivity index (χ0v) is 23.2. The van der Waals surface area contributed by atoms with Gasteiger partial charge in [-0.2, -0.15) is 20.1 Å². The molecule has 0 amide bonds. The third-order valence-electron chi connectivity index (χ3n) is 7.81. The number of piperidine rings is 2. The predicted molar refractivity (Wildman–Crippen MR) is 160 cm³/mol. The van der Waals surface area contributed by atoms with Crippen LogP contribution in [0.5, 0.6) is 0 Å². The normalized spacial score (nSPS) is 16.4. The number of rotatable bonds is 7. The van der Waals surface area contributed by atoms with E-state index in [-0.39, 0.29) is 0 Å². The van der Waals surface area contributed by atoms with Crippen LogP contribution in [-0.4, -0.2) is 51.9 Å². The van der Waals surface area contributed by atoms with Crippen molar-refractivity contribution in [2.75, 3.05) is 41.4 Å². The predicted octanol–water partition coefficient (Wildman–Crippen LogP) is 6.26. The first kappa shape index (κ1) is 25.6. The van der Waals surface area contributed by atoms with Crippen molar-refractivity contribution in [3.8, 4) is 0 Å². The largest absolute Gasteiger partial charge is 0.341 e. The summed E-state index contributed by atoms with van der Waals surface area (Å²) in [7, 11) is 0. The molecular formula is C30H35ClN8. The van der Waals surface area contributed by atoms with Crippen LogP contribution in [0.2, 0.25) is 5.02 Å². The molecule has 202 valence electrons. The van der Waals surface area contributed by atoms with Crippen molar-refractivity contribution in [1.82, 2.24) is 19.5 Å². The summed E-state index contributed by atoms with van der Waals surface area (Å²) in [6.07, 6.45) is 9.09. The summed E-state index contributed by atoms with van der Waals surface area (Å²) >= 11 is 6.50. The van der Waals surface area contributed by atoms with Gasteiger partial charge in [-0.1, -0.05) is 48.0 Å². The summed E-state index contributed by atoms with van der Waals surface area (Å²) in [6, 6.07) is 16.4. The lowest BCUT2D eigenvalue weighted by Gasteiger charge is -2.30. The van der Waals surface area contributed by atoms with Gasteiger partial charge in [0.1, 0.15) is 0 Å². The molecule has 2 saturated heterocycles. The molecule has 0 unspecified atom stereocenters. The number of nitrogens with one attached hydrogen (secondary N) is 1. The second kappa shape index (κ2) is 11.6. The van der Waals surface area contributed by atoms with E-state index in [9.17, 15) is 0 Å². The molecule has 0 atom stereocenters. The van der Waals surface area contributed by atoms with Gasteiger partial charge in [-0.05, 0) is 63.1 Å². The van der Waals surface area contributed by atoms with E-state index < -0.39 is 0 Å². The summed E-state index contributed by atoms with van der Waals surface area (Å²) in [5.74, 6) is 1.98. The molecule has 9 heteroatoms. The number of anilines is 3. The van der Waals surface area contributed by atoms with Gasteiger partial charge in [-0.3, -0.25) is 0 Å². The van der Waals surface area contributed by atoms with Crippen molar-refractivity contribution in [1.29, 1.82) is 0 Å². The highest BCUT2D eigenvalue weighted by atomic mass is 35.5. The lowest BCUT2D eigenvalue weighted by molar-refractivity contribution is 0.556. The van der Waals surface area contributed by atoms with Crippen molar-refractivity contribution >= 4 is 46.6 Å². The molecule has 39 heavy (non-hydrogen) atoms. The first-order valence-corrected chi connectivity index (χ1v) is 14.4. The smallest absolute Gasteiger partial charge is 0.250 e. The topological polar surface area (TPSA) is 74.5 Å². The Labute approximate surface area is 234 Å². The number of hydrogen-bond acceptors (Lipinski definition) is 7. The highest BCUT2D eigenvalue weighted by Crippen LogP contribution is 2.28. The number of benzene rings is 2. The van der Waals surface area contributed by atoms with Crippen LogP contribution in [0.25, 0.3) is 10.9 Å². The molecule has 6 rings (SSSR count). The third kappa shape index (κ3) is 5.57. The Morgan fingerprint density at radius 3 is 2.10 bits per heavy atom. The summed E-state index contributed by atoms with van der Waals surface area (Å²) in [5.41, 5.74) is 7.56. The van der Waals surface area contributed by atoms with Crippen LogP contribution in [0, 0.1) is 6.92 Å². The molecular weight excluding hydrogens is 508 g/mol. The van der Waals surface area contributed by atoms with E-state index >= 15 is 0 Å². The Balaban J connectivity index is 1.30. The van der Waals surface area contributed by atoms with Crippen LogP contribution >= 0.6 is 11.6 Å². The van der Waals surface area contributed by atoms with Crippen LogP contribution in [0.4, 0.5) is 17.8 Å². The van der Waals surface area contributed by atoms with E-state index in [1.807, 2.05) is 24.4 Å². The molecule has 8 nitrogen and oxygen atoms in total. The Kier molecular flexibility index (Phi) is 7.63. The highest BCUT2D eigenvalue weighted by Gasteiger charge is 2.20. The van der Waals surface area contributed by atoms with Crippen LogP contribution in [0.15, 0.2) is 53.6 Å². The second-order valence-corrected chi connectivity index (χ2v) is 10.8. The molecule has 0 bridgehead atoms. The number of hydrogen-bond donors (Lipinski definition) is 1. The van der Waals surface area contributed by atoms with Crippen LogP contribution in [0.1, 0.15) is 55.3 Å². The summed E-state index contributed by atoms with van der Waals surface area (Å²) < 4.78 is 2.30. The van der Waals surface area contributed by atoms with Gasteiger partial charge in [0.05, 0.1) is 6.21 Å². The fraction of sp³-hybridized carbons (Fsp3) is 0.400. The molecule has 1 N–H and O–H groups in total. The molecule has 0 spiro atoms. The maximum absolute atomic E-state index is 6.50. The van der Waals surface area contributed by atoms with E-state index in [0.29, 0.717) is 12.5 Å². The molecule has 2 aromatic heterocycles. The second-order valence-electron chi connectivity index (χ2n) is 10.4. The molecule has 2 aromatic carbocycles. The zero-order chi connectivity index (χ0) is 26.6. The van der Waals surface area contributed by atoms with Gasteiger partial charge < -0.3 is 14.4 Å². The average molecular weight is 543 g/mol. The van der Waals surface area contributed by atoms with Crippen molar-refractivity contribution in [3.63, 3.8) is 0 Å². The van der Waals surface area contributed by atoms with E-state index in [0.717, 1.165) is 70.8 Å². The molecule has 4 heterocycles. The standard InChI is InChI=1S/C30H35ClN8/c1-22-25(24-13-5-7-15-27(24)39(22)21-23-12-4-6-14-26(23)31)20-32-36-28-33-29(37-16-8-2-9-17-37)35-30(34-28)38-18-10-3-11-19-38/h4-7,12-15,20H,2-3,8-11,16-19,21H2,1H3,(H,33,34,35,36)/b32-20+. The van der Waals surface area contributed by atoms with E-state index in [4.69, 9.17) is 26.6 Å². The Hall–Kier alpha value is -3.65. The molecule has 2 aliphatic rings. The molecule has 4 aromatic rings. The lowest BCUT2D eigenvalue weighted by Crippen LogP contribution is -2.34. The van der Waals surface area contributed by atoms with Gasteiger partial charge in [-0.25, -0.2) is 5.43 Å². The number of halogens is 1. The van der Waals surface area contributed by atoms with Crippen LogP contribution < -0.4 is 15.2 Å². The van der Waals surface area contributed by atoms with Crippen molar-refractivity contribution < 1.29 is 0 Å². The first-order valence-electron chi connectivity index (χ1n) is 14.0. The Bertz CT molecular complexity index is 1430.